The van der Waals surface area contributed by atoms with E-state index in [-0.39, 0.29) is 18.2 Å². The van der Waals surface area contributed by atoms with Crippen molar-refractivity contribution in [3.63, 3.8) is 0 Å². The summed E-state index contributed by atoms with van der Waals surface area (Å²) < 4.78 is 10.4. The van der Waals surface area contributed by atoms with Crippen LogP contribution in [-0.2, 0) is 16.0 Å². The van der Waals surface area contributed by atoms with Gasteiger partial charge < -0.3 is 20.1 Å². The van der Waals surface area contributed by atoms with Crippen LogP contribution < -0.4 is 20.1 Å². The van der Waals surface area contributed by atoms with E-state index in [0.29, 0.717) is 35.2 Å². The topological polar surface area (TPSA) is 76.7 Å². The Morgan fingerprint density at radius 2 is 1.65 bits per heavy atom. The molecule has 0 saturated heterocycles. The van der Waals surface area contributed by atoms with Gasteiger partial charge in [0.2, 0.25) is 11.8 Å². The van der Waals surface area contributed by atoms with E-state index in [1.807, 2.05) is 18.2 Å². The number of anilines is 1. The van der Waals surface area contributed by atoms with Crippen LogP contribution in [0, 0.1) is 0 Å². The predicted octanol–water partition coefficient (Wildman–Crippen LogP) is 3.04. The smallest absolute Gasteiger partial charge is 0.233 e. The SMILES string of the molecule is COc1ccc(CCNC(=O)CC(=O)Nc2ccc(Cl)cc2)cc1OC. The van der Waals surface area contributed by atoms with Crippen LogP contribution in [0.1, 0.15) is 12.0 Å². The van der Waals surface area contributed by atoms with Crippen molar-refractivity contribution in [2.45, 2.75) is 12.8 Å². The molecule has 2 aromatic rings. The van der Waals surface area contributed by atoms with Gasteiger partial charge in [-0.1, -0.05) is 17.7 Å². The Morgan fingerprint density at radius 3 is 2.31 bits per heavy atom. The number of hydrogen-bond donors (Lipinski definition) is 2. The number of hydrogen-bond acceptors (Lipinski definition) is 4. The Hall–Kier alpha value is -2.73. The average molecular weight is 377 g/mol. The second kappa shape index (κ2) is 9.68. The summed E-state index contributed by atoms with van der Waals surface area (Å²) >= 11 is 5.78. The molecule has 0 heterocycles. The van der Waals surface area contributed by atoms with E-state index in [1.165, 1.54) is 0 Å². The number of halogens is 1. The molecule has 0 aliphatic rings. The van der Waals surface area contributed by atoms with Gasteiger partial charge in [-0.15, -0.1) is 0 Å². The van der Waals surface area contributed by atoms with Gasteiger partial charge in [0, 0.05) is 17.3 Å². The number of carbonyl (C=O) groups is 2. The van der Waals surface area contributed by atoms with Crippen LogP contribution in [0.2, 0.25) is 5.02 Å². The van der Waals surface area contributed by atoms with Crippen molar-refractivity contribution >= 4 is 29.1 Å². The monoisotopic (exact) mass is 376 g/mol. The first-order valence-electron chi connectivity index (χ1n) is 8.05. The fourth-order valence-electron chi connectivity index (χ4n) is 2.33. The molecule has 2 N–H and O–H groups in total. The van der Waals surface area contributed by atoms with Crippen molar-refractivity contribution in [1.29, 1.82) is 0 Å². The molecule has 0 bridgehead atoms. The molecular weight excluding hydrogens is 356 g/mol. The van der Waals surface area contributed by atoms with Crippen LogP contribution in [0.5, 0.6) is 11.5 Å². The molecule has 0 radical (unpaired) electrons. The van der Waals surface area contributed by atoms with E-state index in [9.17, 15) is 9.59 Å². The molecule has 0 aliphatic heterocycles. The maximum atomic E-state index is 11.9. The highest BCUT2D eigenvalue weighted by Crippen LogP contribution is 2.27. The lowest BCUT2D eigenvalue weighted by molar-refractivity contribution is -0.126. The number of methoxy groups -OCH3 is 2. The zero-order chi connectivity index (χ0) is 18.9. The summed E-state index contributed by atoms with van der Waals surface area (Å²) in [5.74, 6) is 0.575. The molecule has 6 nitrogen and oxygen atoms in total. The van der Waals surface area contributed by atoms with Gasteiger partial charge in [0.15, 0.2) is 11.5 Å². The summed E-state index contributed by atoms with van der Waals surface area (Å²) in [6.45, 7) is 0.419. The molecule has 26 heavy (non-hydrogen) atoms. The maximum Gasteiger partial charge on any atom is 0.233 e. The average Bonchev–Trinajstić information content (AvgIpc) is 2.63. The lowest BCUT2D eigenvalue weighted by Gasteiger charge is -2.10. The Kier molecular flexibility index (Phi) is 7.29. The summed E-state index contributed by atoms with van der Waals surface area (Å²) in [6.07, 6.45) is 0.374. The van der Waals surface area contributed by atoms with Crippen LogP contribution in [0.4, 0.5) is 5.69 Å². The minimum absolute atomic E-state index is 0.242. The Bertz CT molecular complexity index is 763. The zero-order valence-corrected chi connectivity index (χ0v) is 15.4. The number of rotatable bonds is 8. The lowest BCUT2D eigenvalue weighted by Crippen LogP contribution is -2.29. The van der Waals surface area contributed by atoms with Gasteiger partial charge in [-0.2, -0.15) is 0 Å². The van der Waals surface area contributed by atoms with E-state index in [2.05, 4.69) is 10.6 Å². The molecule has 0 atom stereocenters. The molecule has 0 fully saturated rings. The van der Waals surface area contributed by atoms with E-state index in [4.69, 9.17) is 21.1 Å². The van der Waals surface area contributed by atoms with Gasteiger partial charge in [-0.25, -0.2) is 0 Å². The quantitative estimate of drug-likeness (QED) is 0.694. The summed E-state index contributed by atoms with van der Waals surface area (Å²) in [7, 11) is 3.15. The molecule has 0 aromatic heterocycles. The summed E-state index contributed by atoms with van der Waals surface area (Å²) in [5.41, 5.74) is 1.59. The van der Waals surface area contributed by atoms with E-state index >= 15 is 0 Å². The van der Waals surface area contributed by atoms with E-state index < -0.39 is 0 Å². The van der Waals surface area contributed by atoms with Crippen LogP contribution in [0.15, 0.2) is 42.5 Å². The summed E-state index contributed by atoms with van der Waals surface area (Å²) in [5, 5.41) is 5.96. The highest BCUT2D eigenvalue weighted by atomic mass is 35.5. The summed E-state index contributed by atoms with van der Waals surface area (Å²) in [4.78, 5) is 23.7. The first-order valence-corrected chi connectivity index (χ1v) is 8.42. The largest absolute Gasteiger partial charge is 0.493 e. The molecule has 2 rings (SSSR count). The molecular formula is C19H21ClN2O4. The fraction of sp³-hybridized carbons (Fsp3) is 0.263. The fourth-order valence-corrected chi connectivity index (χ4v) is 2.46. The molecule has 0 saturated carbocycles. The minimum Gasteiger partial charge on any atom is -0.493 e. The Labute approximate surface area is 157 Å². The van der Waals surface area contributed by atoms with Crippen LogP contribution in [0.25, 0.3) is 0 Å². The second-order valence-corrected chi connectivity index (χ2v) is 5.96. The van der Waals surface area contributed by atoms with E-state index in [1.54, 1.807) is 38.5 Å². The Morgan fingerprint density at radius 1 is 0.962 bits per heavy atom. The van der Waals surface area contributed by atoms with Crippen molar-refractivity contribution in [1.82, 2.24) is 5.32 Å². The number of amides is 2. The highest BCUT2D eigenvalue weighted by molar-refractivity contribution is 6.30. The van der Waals surface area contributed by atoms with Crippen molar-refractivity contribution < 1.29 is 19.1 Å². The minimum atomic E-state index is -0.379. The van der Waals surface area contributed by atoms with Gasteiger partial charge in [0.25, 0.3) is 0 Å². The van der Waals surface area contributed by atoms with Gasteiger partial charge >= 0.3 is 0 Å². The first kappa shape index (κ1) is 19.6. The third-order valence-electron chi connectivity index (χ3n) is 3.63. The van der Waals surface area contributed by atoms with E-state index in [0.717, 1.165) is 5.56 Å². The van der Waals surface area contributed by atoms with Crippen molar-refractivity contribution in [2.24, 2.45) is 0 Å². The van der Waals surface area contributed by atoms with Gasteiger partial charge in [-0.05, 0) is 48.4 Å². The summed E-state index contributed by atoms with van der Waals surface area (Å²) in [6, 6.07) is 12.3. The number of benzene rings is 2. The standard InChI is InChI=1S/C19H21ClN2O4/c1-25-16-8-3-13(11-17(16)26-2)9-10-21-18(23)12-19(24)22-15-6-4-14(20)5-7-15/h3-8,11H,9-10,12H2,1-2H3,(H,21,23)(H,22,24). The predicted molar refractivity (Wildman–Crippen MR) is 101 cm³/mol. The molecule has 2 aromatic carbocycles. The molecule has 7 heteroatoms. The van der Waals surface area contributed by atoms with Gasteiger partial charge in [-0.3, -0.25) is 9.59 Å². The normalized spacial score (nSPS) is 10.1. The molecule has 2 amide bonds. The first-order chi connectivity index (χ1) is 12.5. The highest BCUT2D eigenvalue weighted by Gasteiger charge is 2.10. The molecule has 0 unspecified atom stereocenters. The third-order valence-corrected chi connectivity index (χ3v) is 3.88. The lowest BCUT2D eigenvalue weighted by atomic mass is 10.1. The number of carbonyl (C=O) groups excluding carboxylic acids is 2. The molecule has 0 aliphatic carbocycles. The number of nitrogens with one attached hydrogen (secondary N) is 2. The van der Waals surface area contributed by atoms with Crippen molar-refractivity contribution in [3.8, 4) is 11.5 Å². The zero-order valence-electron chi connectivity index (χ0n) is 14.7. The van der Waals surface area contributed by atoms with Crippen LogP contribution in [0.3, 0.4) is 0 Å². The van der Waals surface area contributed by atoms with Crippen LogP contribution in [-0.4, -0.2) is 32.6 Å². The maximum absolute atomic E-state index is 11.9. The second-order valence-electron chi connectivity index (χ2n) is 5.52. The van der Waals surface area contributed by atoms with Gasteiger partial charge in [0.05, 0.1) is 14.2 Å². The van der Waals surface area contributed by atoms with Crippen molar-refractivity contribution in [3.05, 3.63) is 53.1 Å². The third kappa shape index (κ3) is 5.97. The number of ether oxygens (including phenoxy) is 2. The molecule has 138 valence electrons. The van der Waals surface area contributed by atoms with Crippen molar-refractivity contribution in [2.75, 3.05) is 26.1 Å². The van der Waals surface area contributed by atoms with Crippen LogP contribution >= 0.6 is 11.6 Å². The Balaban J connectivity index is 1.76. The van der Waals surface area contributed by atoms with Gasteiger partial charge in [0.1, 0.15) is 6.42 Å². The molecule has 0 spiro atoms.